The van der Waals surface area contributed by atoms with E-state index in [0.717, 1.165) is 41.1 Å². The largest absolute Gasteiger partial charge is 0.494 e. The second kappa shape index (κ2) is 11.3. The second-order valence-corrected chi connectivity index (χ2v) is 10.0. The lowest BCUT2D eigenvalue weighted by atomic mass is 9.71. The van der Waals surface area contributed by atoms with E-state index in [0.29, 0.717) is 35.6 Å². The number of hydrogen-bond acceptors (Lipinski definition) is 5. The van der Waals surface area contributed by atoms with E-state index < -0.39 is 5.92 Å². The van der Waals surface area contributed by atoms with Crippen LogP contribution in [-0.2, 0) is 14.3 Å². The van der Waals surface area contributed by atoms with E-state index in [9.17, 15) is 9.59 Å². The smallest absolute Gasteiger partial charge is 0.337 e. The van der Waals surface area contributed by atoms with E-state index in [-0.39, 0.29) is 23.8 Å². The highest BCUT2D eigenvalue weighted by molar-refractivity contribution is 6.30. The van der Waals surface area contributed by atoms with Gasteiger partial charge >= 0.3 is 5.97 Å². The van der Waals surface area contributed by atoms with Crippen molar-refractivity contribution in [2.45, 2.75) is 71.3 Å². The maximum Gasteiger partial charge on any atom is 0.337 e. The minimum atomic E-state index is -0.489. The van der Waals surface area contributed by atoms with Crippen molar-refractivity contribution in [3.8, 4) is 5.75 Å². The van der Waals surface area contributed by atoms with Crippen LogP contribution in [0.3, 0.4) is 0 Å². The average Bonchev–Trinajstić information content (AvgIpc) is 2.87. The molecule has 0 unspecified atom stereocenters. The van der Waals surface area contributed by atoms with Gasteiger partial charge in [0.1, 0.15) is 5.75 Å². The van der Waals surface area contributed by atoms with Gasteiger partial charge in [0.25, 0.3) is 0 Å². The van der Waals surface area contributed by atoms with Gasteiger partial charge in [-0.25, -0.2) is 4.79 Å². The van der Waals surface area contributed by atoms with E-state index in [1.54, 1.807) is 0 Å². The Morgan fingerprint density at radius 1 is 1.06 bits per heavy atom. The second-order valence-electron chi connectivity index (χ2n) is 9.61. The number of hydrogen-bond donors (Lipinski definition) is 1. The van der Waals surface area contributed by atoms with Crippen LogP contribution in [0.2, 0.25) is 5.02 Å². The third-order valence-corrected chi connectivity index (χ3v) is 7.21. The number of nitrogens with one attached hydrogen (secondary N) is 1. The standard InChI is InChI=1S/C30H34ClNO4/c1-5-15-35-24-13-9-21(10-14-24)28-27(30(34)36-18(3)6-2)19(4)32-25-16-22(17-26(33)29(25)28)20-7-11-23(31)12-8-20/h7-14,18,22,28,32H,5-6,15-17H2,1-4H3/t18-,22+,28+/m1/s1. The molecule has 2 aromatic carbocycles. The molecule has 0 saturated carbocycles. The fourth-order valence-electron chi connectivity index (χ4n) is 4.92. The van der Waals surface area contributed by atoms with Crippen LogP contribution in [-0.4, -0.2) is 24.5 Å². The summed E-state index contributed by atoms with van der Waals surface area (Å²) in [6.07, 6.45) is 2.48. The van der Waals surface area contributed by atoms with Crippen LogP contribution in [0.4, 0.5) is 0 Å². The highest BCUT2D eigenvalue weighted by Crippen LogP contribution is 2.46. The van der Waals surface area contributed by atoms with Crippen LogP contribution in [0.15, 0.2) is 71.1 Å². The third-order valence-electron chi connectivity index (χ3n) is 6.96. The molecule has 0 saturated heterocycles. The summed E-state index contributed by atoms with van der Waals surface area (Å²) in [5.41, 5.74) is 4.71. The number of halogens is 1. The highest BCUT2D eigenvalue weighted by atomic mass is 35.5. The molecule has 190 valence electrons. The van der Waals surface area contributed by atoms with Crippen molar-refractivity contribution in [3.05, 3.63) is 87.2 Å². The maximum absolute atomic E-state index is 13.7. The first-order chi connectivity index (χ1) is 17.3. The molecule has 1 N–H and O–H groups in total. The van der Waals surface area contributed by atoms with Gasteiger partial charge in [0.05, 0.1) is 18.3 Å². The number of esters is 1. The molecule has 2 aromatic rings. The summed E-state index contributed by atoms with van der Waals surface area (Å²) in [5.74, 6) is -0.0123. The lowest BCUT2D eigenvalue weighted by Crippen LogP contribution is -2.36. The first kappa shape index (κ1) is 26.0. The van der Waals surface area contributed by atoms with Gasteiger partial charge in [-0.15, -0.1) is 0 Å². The molecule has 6 heteroatoms. The van der Waals surface area contributed by atoms with Crippen molar-refractivity contribution in [3.63, 3.8) is 0 Å². The van der Waals surface area contributed by atoms with Crippen LogP contribution in [0, 0.1) is 0 Å². The van der Waals surface area contributed by atoms with Gasteiger partial charge in [0.2, 0.25) is 0 Å². The summed E-state index contributed by atoms with van der Waals surface area (Å²) in [6, 6.07) is 15.4. The van der Waals surface area contributed by atoms with Gasteiger partial charge in [-0.05, 0) is 74.4 Å². The Bertz CT molecular complexity index is 1180. The van der Waals surface area contributed by atoms with Gasteiger partial charge in [-0.3, -0.25) is 4.79 Å². The Hall–Kier alpha value is -3.05. The van der Waals surface area contributed by atoms with Gasteiger partial charge in [0.15, 0.2) is 5.78 Å². The molecule has 4 rings (SSSR count). The quantitative estimate of drug-likeness (QED) is 0.396. The number of Topliss-reactive ketones (excluding diaryl/α,β-unsaturated/α-hetero) is 1. The normalized spacial score (nSPS) is 20.5. The van der Waals surface area contributed by atoms with Crippen molar-refractivity contribution in [2.75, 3.05) is 6.61 Å². The van der Waals surface area contributed by atoms with E-state index in [2.05, 4.69) is 12.2 Å². The molecule has 5 nitrogen and oxygen atoms in total. The Morgan fingerprint density at radius 2 is 1.72 bits per heavy atom. The molecule has 2 aliphatic rings. The Morgan fingerprint density at radius 3 is 2.36 bits per heavy atom. The van der Waals surface area contributed by atoms with E-state index >= 15 is 0 Å². The first-order valence-corrected chi connectivity index (χ1v) is 13.1. The molecule has 0 fully saturated rings. The summed E-state index contributed by atoms with van der Waals surface area (Å²) >= 11 is 6.08. The Labute approximate surface area is 218 Å². The zero-order chi connectivity index (χ0) is 25.8. The maximum atomic E-state index is 13.7. The number of allylic oxidation sites excluding steroid dienone is 3. The molecule has 0 amide bonds. The lowest BCUT2D eigenvalue weighted by molar-refractivity contribution is -0.144. The van der Waals surface area contributed by atoms with Crippen LogP contribution >= 0.6 is 11.6 Å². The van der Waals surface area contributed by atoms with Crippen molar-refractivity contribution in [2.24, 2.45) is 0 Å². The molecule has 0 aromatic heterocycles. The molecule has 3 atom stereocenters. The first-order valence-electron chi connectivity index (χ1n) is 12.8. The molecule has 1 aliphatic carbocycles. The molecule has 0 radical (unpaired) electrons. The summed E-state index contributed by atoms with van der Waals surface area (Å²) < 4.78 is 11.5. The number of ketones is 1. The molecule has 1 heterocycles. The number of ether oxygens (including phenoxy) is 2. The number of benzene rings is 2. The third kappa shape index (κ3) is 5.52. The zero-order valence-corrected chi connectivity index (χ0v) is 22.2. The summed E-state index contributed by atoms with van der Waals surface area (Å²) in [4.78, 5) is 27.1. The van der Waals surface area contributed by atoms with Gasteiger partial charge in [0, 0.05) is 34.3 Å². The zero-order valence-electron chi connectivity index (χ0n) is 21.4. The molecular formula is C30H34ClNO4. The predicted molar refractivity (Wildman–Crippen MR) is 142 cm³/mol. The van der Waals surface area contributed by atoms with Crippen molar-refractivity contribution >= 4 is 23.4 Å². The number of rotatable bonds is 8. The van der Waals surface area contributed by atoms with Gasteiger partial charge in [-0.1, -0.05) is 49.7 Å². The Kier molecular flexibility index (Phi) is 8.20. The van der Waals surface area contributed by atoms with Crippen LogP contribution in [0.1, 0.15) is 76.3 Å². The van der Waals surface area contributed by atoms with Crippen molar-refractivity contribution in [1.82, 2.24) is 5.32 Å². The Balaban J connectivity index is 1.74. The summed E-state index contributed by atoms with van der Waals surface area (Å²) in [7, 11) is 0. The number of carbonyl (C=O) groups excluding carboxylic acids is 2. The minimum absolute atomic E-state index is 0.0429. The fourth-order valence-corrected chi connectivity index (χ4v) is 5.05. The van der Waals surface area contributed by atoms with E-state index in [4.69, 9.17) is 21.1 Å². The van der Waals surface area contributed by atoms with Crippen molar-refractivity contribution in [1.29, 1.82) is 0 Å². The molecule has 36 heavy (non-hydrogen) atoms. The molecule has 0 bridgehead atoms. The SMILES string of the molecule is CCCOc1ccc([C@H]2C(C(=O)O[C@H](C)CC)=C(C)NC3=C2C(=O)C[C@@H](c2ccc(Cl)cc2)C3)cc1. The number of carbonyl (C=O) groups is 2. The topological polar surface area (TPSA) is 64.6 Å². The van der Waals surface area contributed by atoms with Crippen LogP contribution < -0.4 is 10.1 Å². The van der Waals surface area contributed by atoms with Gasteiger partial charge in [-0.2, -0.15) is 0 Å². The number of dihydropyridines is 1. The summed E-state index contributed by atoms with van der Waals surface area (Å²) in [6.45, 7) is 8.45. The van der Waals surface area contributed by atoms with Gasteiger partial charge < -0.3 is 14.8 Å². The van der Waals surface area contributed by atoms with Crippen molar-refractivity contribution < 1.29 is 19.1 Å². The van der Waals surface area contributed by atoms with E-state index in [1.807, 2.05) is 69.3 Å². The monoisotopic (exact) mass is 507 g/mol. The van der Waals surface area contributed by atoms with E-state index in [1.165, 1.54) is 0 Å². The van der Waals surface area contributed by atoms with Crippen LogP contribution in [0.25, 0.3) is 0 Å². The lowest BCUT2D eigenvalue weighted by Gasteiger charge is -2.37. The van der Waals surface area contributed by atoms with Crippen LogP contribution in [0.5, 0.6) is 5.75 Å². The minimum Gasteiger partial charge on any atom is -0.494 e. The molecule has 1 aliphatic heterocycles. The molecular weight excluding hydrogens is 474 g/mol. The highest BCUT2D eigenvalue weighted by Gasteiger charge is 2.41. The predicted octanol–water partition coefficient (Wildman–Crippen LogP) is 6.83. The average molecular weight is 508 g/mol. The summed E-state index contributed by atoms with van der Waals surface area (Å²) in [5, 5.41) is 4.08. The fraction of sp³-hybridized carbons (Fsp3) is 0.400. The molecule has 0 spiro atoms.